The van der Waals surface area contributed by atoms with Crippen molar-refractivity contribution in [2.45, 2.75) is 26.0 Å². The normalized spacial score (nSPS) is 16.4. The van der Waals surface area contributed by atoms with Gasteiger partial charge in [0, 0.05) is 32.7 Å². The molecule has 0 saturated carbocycles. The van der Waals surface area contributed by atoms with Crippen molar-refractivity contribution >= 4 is 5.91 Å². The first-order valence-electron chi connectivity index (χ1n) is 9.63. The summed E-state index contributed by atoms with van der Waals surface area (Å²) in [7, 11) is 0. The SMILES string of the molecule is CC(C)(O)C#Cc1ccc(C(=O)N2CCN(Cc3ccc4c(c3)OCO4)CC2)o1. The molecule has 0 aliphatic carbocycles. The molecule has 0 unspecified atom stereocenters. The molecule has 3 heterocycles. The zero-order valence-corrected chi connectivity index (χ0v) is 16.6. The Bertz CT molecular complexity index is 956. The van der Waals surface area contributed by atoms with E-state index in [1.54, 1.807) is 30.9 Å². The van der Waals surface area contributed by atoms with Crippen LogP contribution >= 0.6 is 0 Å². The fourth-order valence-corrected chi connectivity index (χ4v) is 3.30. The van der Waals surface area contributed by atoms with E-state index >= 15 is 0 Å². The lowest BCUT2D eigenvalue weighted by molar-refractivity contribution is 0.0597. The number of amides is 1. The minimum Gasteiger partial charge on any atom is -0.454 e. The van der Waals surface area contributed by atoms with Gasteiger partial charge in [0.15, 0.2) is 23.0 Å². The smallest absolute Gasteiger partial charge is 0.289 e. The Hall–Kier alpha value is -2.95. The van der Waals surface area contributed by atoms with Gasteiger partial charge in [-0.25, -0.2) is 0 Å². The van der Waals surface area contributed by atoms with E-state index in [4.69, 9.17) is 13.9 Å². The first-order chi connectivity index (χ1) is 13.9. The van der Waals surface area contributed by atoms with Gasteiger partial charge >= 0.3 is 0 Å². The number of hydrogen-bond acceptors (Lipinski definition) is 6. The van der Waals surface area contributed by atoms with E-state index in [2.05, 4.69) is 16.7 Å². The van der Waals surface area contributed by atoms with E-state index < -0.39 is 5.60 Å². The zero-order chi connectivity index (χ0) is 20.4. The number of hydrogen-bond donors (Lipinski definition) is 1. The number of rotatable bonds is 3. The van der Waals surface area contributed by atoms with Crippen LogP contribution < -0.4 is 9.47 Å². The van der Waals surface area contributed by atoms with Crippen molar-refractivity contribution in [2.24, 2.45) is 0 Å². The van der Waals surface area contributed by atoms with Crippen molar-refractivity contribution in [1.82, 2.24) is 9.80 Å². The maximum absolute atomic E-state index is 12.7. The Labute approximate surface area is 169 Å². The molecular weight excluding hydrogens is 372 g/mol. The minimum absolute atomic E-state index is 0.135. The topological polar surface area (TPSA) is 75.4 Å². The second-order valence-electron chi connectivity index (χ2n) is 7.73. The fourth-order valence-electron chi connectivity index (χ4n) is 3.30. The van der Waals surface area contributed by atoms with E-state index in [1.807, 2.05) is 18.2 Å². The zero-order valence-electron chi connectivity index (χ0n) is 16.6. The van der Waals surface area contributed by atoms with Gasteiger partial charge in [0.2, 0.25) is 6.79 Å². The first-order valence-corrected chi connectivity index (χ1v) is 9.63. The summed E-state index contributed by atoms with van der Waals surface area (Å²) in [5, 5.41) is 9.67. The molecule has 1 aromatic carbocycles. The monoisotopic (exact) mass is 396 g/mol. The summed E-state index contributed by atoms with van der Waals surface area (Å²) < 4.78 is 16.3. The van der Waals surface area contributed by atoms with Gasteiger partial charge in [0.1, 0.15) is 5.60 Å². The number of carbonyl (C=O) groups excluding carboxylic acids is 1. The molecule has 1 saturated heterocycles. The van der Waals surface area contributed by atoms with E-state index in [1.165, 1.54) is 0 Å². The van der Waals surface area contributed by atoms with Gasteiger partial charge in [0.25, 0.3) is 5.91 Å². The van der Waals surface area contributed by atoms with Crippen LogP contribution in [0.2, 0.25) is 0 Å². The van der Waals surface area contributed by atoms with Crippen molar-refractivity contribution in [2.75, 3.05) is 33.0 Å². The highest BCUT2D eigenvalue weighted by molar-refractivity contribution is 5.91. The summed E-state index contributed by atoms with van der Waals surface area (Å²) in [6, 6.07) is 9.29. The number of piperazine rings is 1. The molecule has 0 bridgehead atoms. The molecule has 0 radical (unpaired) electrons. The van der Waals surface area contributed by atoms with E-state index in [0.29, 0.717) is 18.8 Å². The highest BCUT2D eigenvalue weighted by Gasteiger charge is 2.24. The van der Waals surface area contributed by atoms with Crippen molar-refractivity contribution in [3.05, 3.63) is 47.4 Å². The summed E-state index contributed by atoms with van der Waals surface area (Å²) in [5.74, 6) is 7.51. The molecule has 29 heavy (non-hydrogen) atoms. The highest BCUT2D eigenvalue weighted by Crippen LogP contribution is 2.32. The Morgan fingerprint density at radius 3 is 2.62 bits per heavy atom. The van der Waals surface area contributed by atoms with Gasteiger partial charge < -0.3 is 23.9 Å². The summed E-state index contributed by atoms with van der Waals surface area (Å²) in [4.78, 5) is 16.8. The molecule has 1 aromatic heterocycles. The molecule has 0 atom stereocenters. The average molecular weight is 396 g/mol. The largest absolute Gasteiger partial charge is 0.454 e. The standard InChI is InChI=1S/C22H24N2O5/c1-22(2,26)8-7-17-4-6-19(29-17)21(25)24-11-9-23(10-12-24)14-16-3-5-18-20(13-16)28-15-27-18/h3-6,13,26H,9-12,14-15H2,1-2H3. The van der Waals surface area contributed by atoms with Crippen LogP contribution in [0.4, 0.5) is 0 Å². The molecule has 1 fully saturated rings. The van der Waals surface area contributed by atoms with Crippen LogP contribution in [0.1, 0.15) is 35.7 Å². The number of furan rings is 1. The maximum atomic E-state index is 12.7. The van der Waals surface area contributed by atoms with Gasteiger partial charge in [-0.3, -0.25) is 9.69 Å². The first kappa shape index (κ1) is 19.4. The van der Waals surface area contributed by atoms with Gasteiger partial charge in [-0.1, -0.05) is 12.0 Å². The second kappa shape index (κ2) is 7.82. The Balaban J connectivity index is 1.32. The predicted octanol–water partition coefficient (Wildman–Crippen LogP) is 2.09. The molecular formula is C22H24N2O5. The van der Waals surface area contributed by atoms with Crippen LogP contribution in [-0.4, -0.2) is 59.4 Å². The lowest BCUT2D eigenvalue weighted by Crippen LogP contribution is -2.48. The molecule has 0 spiro atoms. The number of nitrogens with zero attached hydrogens (tertiary/aromatic N) is 2. The van der Waals surface area contributed by atoms with Crippen molar-refractivity contribution < 1.29 is 23.8 Å². The van der Waals surface area contributed by atoms with Crippen molar-refractivity contribution in [3.8, 4) is 23.3 Å². The summed E-state index contributed by atoms with van der Waals surface area (Å²) in [6.45, 7) is 7.10. The summed E-state index contributed by atoms with van der Waals surface area (Å²) in [5.41, 5.74) is 0.0562. The van der Waals surface area contributed by atoms with Crippen LogP contribution in [0, 0.1) is 11.8 Å². The Morgan fingerprint density at radius 2 is 1.86 bits per heavy atom. The molecule has 2 aliphatic rings. The predicted molar refractivity (Wildman–Crippen MR) is 106 cm³/mol. The van der Waals surface area contributed by atoms with Crippen LogP contribution in [0.15, 0.2) is 34.7 Å². The molecule has 4 rings (SSSR count). The number of carbonyl (C=O) groups is 1. The lowest BCUT2D eigenvalue weighted by atomic mass is 10.1. The molecule has 7 heteroatoms. The average Bonchev–Trinajstić information content (AvgIpc) is 3.35. The van der Waals surface area contributed by atoms with Crippen LogP contribution in [0.5, 0.6) is 11.5 Å². The van der Waals surface area contributed by atoms with Gasteiger partial charge in [-0.2, -0.15) is 0 Å². The van der Waals surface area contributed by atoms with Crippen LogP contribution in [0.25, 0.3) is 0 Å². The van der Waals surface area contributed by atoms with Crippen LogP contribution in [0.3, 0.4) is 0 Å². The van der Waals surface area contributed by atoms with Crippen LogP contribution in [-0.2, 0) is 6.54 Å². The van der Waals surface area contributed by atoms with E-state index in [0.717, 1.165) is 36.7 Å². The van der Waals surface area contributed by atoms with E-state index in [9.17, 15) is 9.90 Å². The quantitative estimate of drug-likeness (QED) is 0.801. The third kappa shape index (κ3) is 4.73. The maximum Gasteiger partial charge on any atom is 0.289 e. The number of fused-ring (bicyclic) bond motifs is 1. The fraction of sp³-hybridized carbons (Fsp3) is 0.409. The Kier molecular flexibility index (Phi) is 5.22. The minimum atomic E-state index is -1.11. The molecule has 7 nitrogen and oxygen atoms in total. The molecule has 2 aromatic rings. The summed E-state index contributed by atoms with van der Waals surface area (Å²) in [6.07, 6.45) is 0. The highest BCUT2D eigenvalue weighted by atomic mass is 16.7. The second-order valence-corrected chi connectivity index (χ2v) is 7.73. The number of ether oxygens (including phenoxy) is 2. The lowest BCUT2D eigenvalue weighted by Gasteiger charge is -2.34. The number of benzene rings is 1. The van der Waals surface area contributed by atoms with Gasteiger partial charge in [0.05, 0.1) is 0 Å². The third-order valence-corrected chi connectivity index (χ3v) is 4.81. The molecule has 1 N–H and O–H groups in total. The third-order valence-electron chi connectivity index (χ3n) is 4.81. The molecule has 2 aliphatic heterocycles. The van der Waals surface area contributed by atoms with Crippen molar-refractivity contribution in [3.63, 3.8) is 0 Å². The van der Waals surface area contributed by atoms with E-state index in [-0.39, 0.29) is 18.5 Å². The van der Waals surface area contributed by atoms with Gasteiger partial charge in [-0.15, -0.1) is 0 Å². The summed E-state index contributed by atoms with van der Waals surface area (Å²) >= 11 is 0. The molecule has 152 valence electrons. The van der Waals surface area contributed by atoms with Gasteiger partial charge in [-0.05, 0) is 49.6 Å². The molecule has 1 amide bonds. The van der Waals surface area contributed by atoms with Crippen molar-refractivity contribution in [1.29, 1.82) is 0 Å². The Morgan fingerprint density at radius 1 is 1.10 bits per heavy atom. The number of aliphatic hydroxyl groups is 1.